The molecule has 0 aromatic rings. The molecule has 13 heavy (non-hydrogen) atoms. The average molecular weight is 200 g/mol. The van der Waals surface area contributed by atoms with Crippen molar-refractivity contribution in [3.05, 3.63) is 0 Å². The predicted molar refractivity (Wildman–Crippen MR) is 60.1 cm³/mol. The summed E-state index contributed by atoms with van der Waals surface area (Å²) in [5.74, 6) is 0. The molecule has 1 saturated heterocycles. The van der Waals surface area contributed by atoms with Crippen molar-refractivity contribution in [1.82, 2.24) is 0 Å². The summed E-state index contributed by atoms with van der Waals surface area (Å²) in [5.41, 5.74) is 0. The van der Waals surface area contributed by atoms with E-state index in [4.69, 9.17) is 17.0 Å². The van der Waals surface area contributed by atoms with E-state index < -0.39 is 0 Å². The molecule has 2 heteroatoms. The fourth-order valence-corrected chi connectivity index (χ4v) is 2.06. The van der Waals surface area contributed by atoms with Gasteiger partial charge in [-0.25, -0.2) is 0 Å². The van der Waals surface area contributed by atoms with Crippen molar-refractivity contribution < 1.29 is 4.74 Å². The average Bonchev–Trinajstić information content (AvgIpc) is 2.13. The fraction of sp³-hybridized carbons (Fsp3) is 0.909. The molecule has 76 valence electrons. The molecular formula is C11H20OS. The lowest BCUT2D eigenvalue weighted by Gasteiger charge is -2.24. The smallest absolute Gasteiger partial charge is 0.160 e. The molecule has 1 atom stereocenters. The molecule has 1 nitrogen and oxygen atoms in total. The number of hydrogen-bond acceptors (Lipinski definition) is 2. The minimum Gasteiger partial charge on any atom is -0.484 e. The summed E-state index contributed by atoms with van der Waals surface area (Å²) < 4.78 is 5.60. The Labute approximate surface area is 86.9 Å². The first-order valence-electron chi connectivity index (χ1n) is 5.52. The summed E-state index contributed by atoms with van der Waals surface area (Å²) in [4.78, 5) is 0. The molecule has 0 saturated carbocycles. The first-order chi connectivity index (χ1) is 6.33. The molecule has 0 bridgehead atoms. The number of ether oxygens (including phenoxy) is 1. The van der Waals surface area contributed by atoms with Crippen LogP contribution < -0.4 is 0 Å². The second-order valence-corrected chi connectivity index (χ2v) is 4.31. The van der Waals surface area contributed by atoms with Gasteiger partial charge in [0.05, 0.1) is 6.10 Å². The van der Waals surface area contributed by atoms with Gasteiger partial charge in [0, 0.05) is 6.42 Å². The lowest BCUT2D eigenvalue weighted by Crippen LogP contribution is -2.22. The highest BCUT2D eigenvalue weighted by Gasteiger charge is 2.16. The van der Waals surface area contributed by atoms with Gasteiger partial charge in [-0.1, -0.05) is 26.2 Å². The van der Waals surface area contributed by atoms with Gasteiger partial charge in [0.25, 0.3) is 0 Å². The molecule has 1 rings (SSSR count). The molecule has 1 aliphatic heterocycles. The summed E-state index contributed by atoms with van der Waals surface area (Å²) in [5, 5.41) is 0.840. The third kappa shape index (κ3) is 4.61. The van der Waals surface area contributed by atoms with Gasteiger partial charge in [-0.05, 0) is 37.9 Å². The molecule has 1 fully saturated rings. The first-order valence-corrected chi connectivity index (χ1v) is 5.93. The lowest BCUT2D eigenvalue weighted by atomic mass is 10.0. The van der Waals surface area contributed by atoms with Crippen molar-refractivity contribution in [2.24, 2.45) is 0 Å². The molecule has 0 N–H and O–H groups in total. The zero-order valence-electron chi connectivity index (χ0n) is 8.55. The van der Waals surface area contributed by atoms with Crippen LogP contribution in [0.25, 0.3) is 0 Å². The Morgan fingerprint density at radius 2 is 2.23 bits per heavy atom. The van der Waals surface area contributed by atoms with E-state index in [1.807, 2.05) is 0 Å². The van der Waals surface area contributed by atoms with Crippen LogP contribution in [0.1, 0.15) is 58.3 Å². The molecule has 1 unspecified atom stereocenters. The maximum Gasteiger partial charge on any atom is 0.160 e. The standard InChI is InChI=1S/C11H20OS/c1-2-3-4-5-7-10-8-6-9-11(13)12-10/h10H,2-9H2,1H3. The van der Waals surface area contributed by atoms with E-state index in [1.54, 1.807) is 0 Å². The molecule has 0 aliphatic carbocycles. The van der Waals surface area contributed by atoms with Gasteiger partial charge < -0.3 is 4.74 Å². The van der Waals surface area contributed by atoms with Crippen LogP contribution in [-0.2, 0) is 4.74 Å². The zero-order chi connectivity index (χ0) is 9.52. The first kappa shape index (κ1) is 11.0. The van der Waals surface area contributed by atoms with Crippen LogP contribution in [0.3, 0.4) is 0 Å². The van der Waals surface area contributed by atoms with Gasteiger partial charge in [0.1, 0.15) is 0 Å². The van der Waals surface area contributed by atoms with Gasteiger partial charge in [-0.2, -0.15) is 0 Å². The summed E-state index contributed by atoms with van der Waals surface area (Å²) in [7, 11) is 0. The molecule has 0 aromatic carbocycles. The van der Waals surface area contributed by atoms with Gasteiger partial charge >= 0.3 is 0 Å². The molecule has 0 spiro atoms. The van der Waals surface area contributed by atoms with E-state index in [0.29, 0.717) is 6.10 Å². The van der Waals surface area contributed by atoms with Crippen molar-refractivity contribution in [1.29, 1.82) is 0 Å². The second kappa shape index (κ2) is 6.36. The van der Waals surface area contributed by atoms with Gasteiger partial charge in [-0.15, -0.1) is 0 Å². The number of hydrogen-bond donors (Lipinski definition) is 0. The number of rotatable bonds is 5. The van der Waals surface area contributed by atoms with Gasteiger partial charge in [0.15, 0.2) is 5.05 Å². The maximum atomic E-state index is 5.60. The van der Waals surface area contributed by atoms with Gasteiger partial charge in [0.2, 0.25) is 0 Å². The van der Waals surface area contributed by atoms with E-state index in [1.165, 1.54) is 44.9 Å². The Balaban J connectivity index is 2.03. The SMILES string of the molecule is CCCCCCC1CCCC(=S)O1. The Kier molecular flexibility index (Phi) is 5.37. The zero-order valence-corrected chi connectivity index (χ0v) is 9.37. The number of thiocarbonyl (C=S) groups is 1. The van der Waals surface area contributed by atoms with E-state index in [9.17, 15) is 0 Å². The van der Waals surface area contributed by atoms with E-state index in [2.05, 4.69) is 6.92 Å². The minimum absolute atomic E-state index is 0.443. The normalized spacial score (nSPS) is 22.8. The molecule has 1 aliphatic rings. The molecule has 0 amide bonds. The fourth-order valence-electron chi connectivity index (χ4n) is 1.78. The summed E-state index contributed by atoms with van der Waals surface area (Å²) in [6.07, 6.45) is 10.4. The van der Waals surface area contributed by atoms with Crippen LogP contribution in [0.5, 0.6) is 0 Å². The third-order valence-electron chi connectivity index (χ3n) is 2.58. The quantitative estimate of drug-likeness (QED) is 0.492. The van der Waals surface area contributed by atoms with Gasteiger partial charge in [-0.3, -0.25) is 0 Å². The van der Waals surface area contributed by atoms with Crippen molar-refractivity contribution >= 4 is 17.3 Å². The van der Waals surface area contributed by atoms with E-state index in [-0.39, 0.29) is 0 Å². The second-order valence-electron chi connectivity index (χ2n) is 3.85. The van der Waals surface area contributed by atoms with Crippen LogP contribution in [0.2, 0.25) is 0 Å². The Morgan fingerprint density at radius 3 is 2.92 bits per heavy atom. The Morgan fingerprint density at radius 1 is 1.38 bits per heavy atom. The van der Waals surface area contributed by atoms with E-state index >= 15 is 0 Å². The van der Waals surface area contributed by atoms with E-state index in [0.717, 1.165) is 11.5 Å². The molecule has 0 aromatic heterocycles. The lowest BCUT2D eigenvalue weighted by molar-refractivity contribution is 0.143. The van der Waals surface area contributed by atoms with Crippen LogP contribution in [0.4, 0.5) is 0 Å². The van der Waals surface area contributed by atoms with Crippen molar-refractivity contribution in [2.75, 3.05) is 0 Å². The van der Waals surface area contributed by atoms with Crippen LogP contribution in [0, 0.1) is 0 Å². The summed E-state index contributed by atoms with van der Waals surface area (Å²) in [6.45, 7) is 2.24. The monoisotopic (exact) mass is 200 g/mol. The Hall–Kier alpha value is -0.110. The molecule has 0 radical (unpaired) electrons. The Bertz CT molecular complexity index is 156. The topological polar surface area (TPSA) is 9.23 Å². The highest BCUT2D eigenvalue weighted by Crippen LogP contribution is 2.20. The minimum atomic E-state index is 0.443. The largest absolute Gasteiger partial charge is 0.484 e. The molecule has 1 heterocycles. The van der Waals surface area contributed by atoms with Crippen molar-refractivity contribution in [3.63, 3.8) is 0 Å². The summed E-state index contributed by atoms with van der Waals surface area (Å²) in [6, 6.07) is 0. The predicted octanol–water partition coefficient (Wildman–Crippen LogP) is 3.85. The number of unbranched alkanes of at least 4 members (excludes halogenated alkanes) is 3. The van der Waals surface area contributed by atoms with Crippen LogP contribution in [-0.4, -0.2) is 11.2 Å². The highest BCUT2D eigenvalue weighted by atomic mass is 32.1. The highest BCUT2D eigenvalue weighted by molar-refractivity contribution is 7.80. The molecular weight excluding hydrogens is 180 g/mol. The van der Waals surface area contributed by atoms with Crippen molar-refractivity contribution in [2.45, 2.75) is 64.4 Å². The van der Waals surface area contributed by atoms with Crippen molar-refractivity contribution in [3.8, 4) is 0 Å². The van der Waals surface area contributed by atoms with Crippen LogP contribution >= 0.6 is 12.2 Å². The maximum absolute atomic E-state index is 5.60. The third-order valence-corrected chi connectivity index (χ3v) is 2.89. The summed E-state index contributed by atoms with van der Waals surface area (Å²) >= 11 is 5.06. The van der Waals surface area contributed by atoms with Crippen LogP contribution in [0.15, 0.2) is 0 Å².